The van der Waals surface area contributed by atoms with Gasteiger partial charge in [0.05, 0.1) is 11.4 Å². The van der Waals surface area contributed by atoms with Gasteiger partial charge in [0.25, 0.3) is 0 Å². The largest absolute Gasteiger partial charge is 0.489 e. The SMILES string of the molecule is Cc1ccccc1N1CCC(Oc2ccc(NC(=O)[C@H]3CCCCN3C(=O)Cc3ccncc3)cc2Cl)CC1. The van der Waals surface area contributed by atoms with Gasteiger partial charge in [-0.2, -0.15) is 0 Å². The molecule has 8 heteroatoms. The number of anilines is 2. The van der Waals surface area contributed by atoms with Crippen molar-refractivity contribution in [1.82, 2.24) is 9.88 Å². The first-order valence-corrected chi connectivity index (χ1v) is 14.1. The monoisotopic (exact) mass is 546 g/mol. The maximum atomic E-state index is 13.2. The van der Waals surface area contributed by atoms with Gasteiger partial charge in [-0.25, -0.2) is 0 Å². The van der Waals surface area contributed by atoms with Gasteiger partial charge < -0.3 is 19.9 Å². The third-order valence-corrected chi connectivity index (χ3v) is 7.92. The molecule has 7 nitrogen and oxygen atoms in total. The van der Waals surface area contributed by atoms with E-state index in [4.69, 9.17) is 16.3 Å². The van der Waals surface area contributed by atoms with Crippen molar-refractivity contribution >= 4 is 34.8 Å². The highest BCUT2D eigenvalue weighted by molar-refractivity contribution is 6.32. The molecule has 0 saturated carbocycles. The number of pyridine rings is 1. The standard InChI is InChI=1S/C31H35ClN4O3/c1-22-6-2-3-7-27(22)35-18-13-25(14-19-35)39-29-10-9-24(21-26(29)32)34-31(38)28-8-4-5-17-36(28)30(37)20-23-11-15-33-16-12-23/h2-3,6-7,9-12,15-16,21,25,28H,4-5,8,13-14,17-20H2,1H3,(H,34,38)/t28-/m1/s1. The smallest absolute Gasteiger partial charge is 0.247 e. The molecule has 5 rings (SSSR count). The number of aryl methyl sites for hydroxylation is 1. The van der Waals surface area contributed by atoms with Crippen LogP contribution in [0.2, 0.25) is 5.02 Å². The first-order valence-electron chi connectivity index (χ1n) is 13.7. The Kier molecular flexibility index (Phi) is 8.67. The van der Waals surface area contributed by atoms with Crippen molar-refractivity contribution in [2.24, 2.45) is 0 Å². The summed E-state index contributed by atoms with van der Waals surface area (Å²) in [7, 11) is 0. The van der Waals surface area contributed by atoms with Gasteiger partial charge in [-0.05, 0) is 73.7 Å². The first-order chi connectivity index (χ1) is 19.0. The zero-order valence-electron chi connectivity index (χ0n) is 22.3. The number of ether oxygens (including phenoxy) is 1. The Morgan fingerprint density at radius 1 is 1.00 bits per heavy atom. The van der Waals surface area contributed by atoms with Gasteiger partial charge in [0.2, 0.25) is 11.8 Å². The van der Waals surface area contributed by atoms with E-state index in [1.807, 2.05) is 24.3 Å². The fourth-order valence-electron chi connectivity index (χ4n) is 5.49. The Bertz CT molecular complexity index is 1290. The number of piperidine rings is 2. The summed E-state index contributed by atoms with van der Waals surface area (Å²) in [5.74, 6) is 0.387. The van der Waals surface area contributed by atoms with E-state index in [-0.39, 0.29) is 24.3 Å². The molecule has 2 aliphatic heterocycles. The van der Waals surface area contributed by atoms with Crippen LogP contribution in [-0.4, -0.2) is 53.5 Å². The van der Waals surface area contributed by atoms with Gasteiger partial charge in [0.15, 0.2) is 0 Å². The molecule has 0 bridgehead atoms. The number of likely N-dealkylation sites (tertiary alicyclic amines) is 1. The number of para-hydroxylation sites is 1. The number of carbonyl (C=O) groups is 2. The molecule has 0 radical (unpaired) electrons. The van der Waals surface area contributed by atoms with Crippen molar-refractivity contribution in [3.05, 3.63) is 83.1 Å². The summed E-state index contributed by atoms with van der Waals surface area (Å²) in [6, 6.07) is 17.0. The van der Waals surface area contributed by atoms with Crippen LogP contribution in [0.15, 0.2) is 67.0 Å². The predicted molar refractivity (Wildman–Crippen MR) is 154 cm³/mol. The third kappa shape index (κ3) is 6.71. The van der Waals surface area contributed by atoms with E-state index in [0.29, 0.717) is 29.4 Å². The zero-order valence-corrected chi connectivity index (χ0v) is 23.1. The summed E-state index contributed by atoms with van der Waals surface area (Å²) in [6.45, 7) is 4.58. The molecular formula is C31H35ClN4O3. The molecule has 2 fully saturated rings. The van der Waals surface area contributed by atoms with Crippen molar-refractivity contribution in [2.45, 2.75) is 57.6 Å². The van der Waals surface area contributed by atoms with Gasteiger partial charge in [0.1, 0.15) is 17.9 Å². The molecule has 204 valence electrons. The van der Waals surface area contributed by atoms with E-state index in [0.717, 1.165) is 44.3 Å². The molecule has 0 aliphatic carbocycles. The lowest BCUT2D eigenvalue weighted by Gasteiger charge is -2.35. The molecule has 3 aromatic rings. The van der Waals surface area contributed by atoms with E-state index in [9.17, 15) is 9.59 Å². The number of rotatable bonds is 7. The number of carbonyl (C=O) groups excluding carboxylic acids is 2. The second kappa shape index (κ2) is 12.5. The fraction of sp³-hybridized carbons (Fsp3) is 0.387. The van der Waals surface area contributed by atoms with Crippen molar-refractivity contribution < 1.29 is 14.3 Å². The lowest BCUT2D eigenvalue weighted by atomic mass is 10.00. The quantitative estimate of drug-likeness (QED) is 0.414. The Hall–Kier alpha value is -3.58. The summed E-state index contributed by atoms with van der Waals surface area (Å²) in [6.07, 6.45) is 7.97. The van der Waals surface area contributed by atoms with Crippen LogP contribution in [-0.2, 0) is 16.0 Å². The highest BCUT2D eigenvalue weighted by Gasteiger charge is 2.32. The van der Waals surface area contributed by atoms with E-state index in [1.54, 1.807) is 23.4 Å². The average molecular weight is 547 g/mol. The summed E-state index contributed by atoms with van der Waals surface area (Å²) >= 11 is 6.58. The second-order valence-electron chi connectivity index (χ2n) is 10.4. The predicted octanol–water partition coefficient (Wildman–Crippen LogP) is 5.65. The Morgan fingerprint density at radius 2 is 1.77 bits per heavy atom. The van der Waals surface area contributed by atoms with Crippen LogP contribution in [0.4, 0.5) is 11.4 Å². The number of nitrogens with one attached hydrogen (secondary N) is 1. The van der Waals surface area contributed by atoms with Crippen LogP contribution >= 0.6 is 11.6 Å². The van der Waals surface area contributed by atoms with Crippen LogP contribution in [0, 0.1) is 6.92 Å². The molecule has 2 aromatic carbocycles. The van der Waals surface area contributed by atoms with E-state index in [2.05, 4.69) is 46.4 Å². The molecule has 1 atom stereocenters. The lowest BCUT2D eigenvalue weighted by molar-refractivity contribution is -0.139. The van der Waals surface area contributed by atoms with Crippen molar-refractivity contribution in [3.63, 3.8) is 0 Å². The zero-order chi connectivity index (χ0) is 27.2. The van der Waals surface area contributed by atoms with Crippen LogP contribution < -0.4 is 15.0 Å². The molecule has 3 heterocycles. The maximum absolute atomic E-state index is 13.2. The minimum Gasteiger partial charge on any atom is -0.489 e. The number of nitrogens with zero attached hydrogens (tertiary/aromatic N) is 3. The molecule has 1 N–H and O–H groups in total. The Balaban J connectivity index is 1.16. The third-order valence-electron chi connectivity index (χ3n) is 7.62. The van der Waals surface area contributed by atoms with Gasteiger partial charge in [-0.3, -0.25) is 14.6 Å². The van der Waals surface area contributed by atoms with E-state index >= 15 is 0 Å². The highest BCUT2D eigenvalue weighted by atomic mass is 35.5. The minimum absolute atomic E-state index is 0.0451. The number of amides is 2. The molecule has 1 aromatic heterocycles. The highest BCUT2D eigenvalue weighted by Crippen LogP contribution is 2.32. The summed E-state index contributed by atoms with van der Waals surface area (Å²) in [5, 5.41) is 3.43. The molecule has 39 heavy (non-hydrogen) atoms. The minimum atomic E-state index is -0.499. The Morgan fingerprint density at radius 3 is 2.51 bits per heavy atom. The molecule has 0 unspecified atom stereocenters. The van der Waals surface area contributed by atoms with Gasteiger partial charge in [-0.1, -0.05) is 29.8 Å². The van der Waals surface area contributed by atoms with Crippen molar-refractivity contribution in [2.75, 3.05) is 29.9 Å². The molecule has 0 spiro atoms. The Labute approximate surface area is 235 Å². The van der Waals surface area contributed by atoms with Crippen LogP contribution in [0.5, 0.6) is 5.75 Å². The number of hydrogen-bond acceptors (Lipinski definition) is 5. The maximum Gasteiger partial charge on any atom is 0.247 e. The number of halogens is 1. The molecule has 2 aliphatic rings. The average Bonchev–Trinajstić information content (AvgIpc) is 2.96. The number of hydrogen-bond donors (Lipinski definition) is 1. The number of benzene rings is 2. The van der Waals surface area contributed by atoms with Crippen molar-refractivity contribution in [1.29, 1.82) is 0 Å². The van der Waals surface area contributed by atoms with Crippen molar-refractivity contribution in [3.8, 4) is 5.75 Å². The molecule has 2 amide bonds. The number of aromatic nitrogens is 1. The molecular weight excluding hydrogens is 512 g/mol. The summed E-state index contributed by atoms with van der Waals surface area (Å²) in [4.78, 5) is 34.4. The second-order valence-corrected chi connectivity index (χ2v) is 10.8. The van der Waals surface area contributed by atoms with Gasteiger partial charge in [0, 0.05) is 56.2 Å². The summed E-state index contributed by atoms with van der Waals surface area (Å²) < 4.78 is 6.25. The lowest BCUT2D eigenvalue weighted by Crippen LogP contribution is -2.50. The molecule has 2 saturated heterocycles. The van der Waals surface area contributed by atoms with Gasteiger partial charge >= 0.3 is 0 Å². The topological polar surface area (TPSA) is 74.8 Å². The van der Waals surface area contributed by atoms with Crippen LogP contribution in [0.25, 0.3) is 0 Å². The van der Waals surface area contributed by atoms with Crippen LogP contribution in [0.1, 0.15) is 43.2 Å². The normalized spacial score (nSPS) is 18.1. The van der Waals surface area contributed by atoms with E-state index in [1.165, 1.54) is 11.3 Å². The summed E-state index contributed by atoms with van der Waals surface area (Å²) in [5.41, 5.74) is 4.05. The first kappa shape index (κ1) is 27.0. The van der Waals surface area contributed by atoms with E-state index < -0.39 is 6.04 Å². The van der Waals surface area contributed by atoms with Crippen LogP contribution in [0.3, 0.4) is 0 Å². The van der Waals surface area contributed by atoms with Gasteiger partial charge in [-0.15, -0.1) is 0 Å². The fourth-order valence-corrected chi connectivity index (χ4v) is 5.72.